The maximum absolute atomic E-state index is 13.1. The van der Waals surface area contributed by atoms with E-state index in [0.717, 1.165) is 10.7 Å². The molecule has 186 valence electrons. The van der Waals surface area contributed by atoms with E-state index in [1.807, 2.05) is 33.1 Å². The minimum absolute atomic E-state index is 0. The van der Waals surface area contributed by atoms with Crippen LogP contribution in [0.4, 0.5) is 0 Å². The molecule has 3 aromatic heterocycles. The Morgan fingerprint density at radius 3 is 2.71 bits per heavy atom. The predicted molar refractivity (Wildman–Crippen MR) is 138 cm³/mol. The van der Waals surface area contributed by atoms with Crippen LogP contribution in [0.3, 0.4) is 0 Å². The number of nitrogens with one attached hydrogen (secondary N) is 1. The molecule has 10 nitrogen and oxygen atoms in total. The number of aromatic nitrogens is 3. The van der Waals surface area contributed by atoms with Crippen molar-refractivity contribution in [2.24, 2.45) is 10.7 Å². The highest BCUT2D eigenvalue weighted by Crippen LogP contribution is 2.30. The number of thiazole rings is 1. The summed E-state index contributed by atoms with van der Waals surface area (Å²) in [5, 5.41) is 5.54. The summed E-state index contributed by atoms with van der Waals surface area (Å²) in [4.78, 5) is 25.9. The first-order valence-corrected chi connectivity index (χ1v) is 12.2. The first kappa shape index (κ1) is 27.2. The molecule has 3 rings (SSSR count). The van der Waals surface area contributed by atoms with Gasteiger partial charge < -0.3 is 21.3 Å². The van der Waals surface area contributed by atoms with Crippen molar-refractivity contribution < 1.29 is 20.6 Å². The van der Waals surface area contributed by atoms with E-state index in [1.54, 1.807) is 22.9 Å². The van der Waals surface area contributed by atoms with Crippen LogP contribution in [0, 0.1) is 6.92 Å². The fourth-order valence-corrected chi connectivity index (χ4v) is 4.91. The highest BCUT2D eigenvalue weighted by Gasteiger charge is 2.26. The summed E-state index contributed by atoms with van der Waals surface area (Å²) in [6.07, 6.45) is 4.80. The Labute approximate surface area is 206 Å². The number of fused-ring (bicyclic) bond motifs is 1. The lowest BCUT2D eigenvalue weighted by Gasteiger charge is -2.20. The van der Waals surface area contributed by atoms with E-state index >= 15 is 0 Å². The van der Waals surface area contributed by atoms with E-state index < -0.39 is 15.5 Å². The maximum Gasteiger partial charge on any atom is 0.269 e. The quantitative estimate of drug-likeness (QED) is 0.466. The Hall–Kier alpha value is -3.09. The number of hydrogen-bond donors (Lipinski definition) is 2. The van der Waals surface area contributed by atoms with Crippen LogP contribution in [0.1, 0.15) is 38.6 Å². The van der Waals surface area contributed by atoms with E-state index in [4.69, 9.17) is 10.5 Å². The van der Waals surface area contributed by atoms with Crippen LogP contribution in [0.5, 0.6) is 5.75 Å². The van der Waals surface area contributed by atoms with Crippen molar-refractivity contribution in [1.29, 1.82) is 0 Å². The molecule has 1 atom stereocenters. The van der Waals surface area contributed by atoms with Crippen molar-refractivity contribution in [2.75, 3.05) is 14.2 Å². The van der Waals surface area contributed by atoms with E-state index in [9.17, 15) is 9.00 Å². The van der Waals surface area contributed by atoms with Gasteiger partial charge in [-0.1, -0.05) is 0 Å². The second-order valence-electron chi connectivity index (χ2n) is 8.23. The number of ether oxygens (including phenoxy) is 1. The van der Waals surface area contributed by atoms with Crippen molar-refractivity contribution in [3.05, 3.63) is 46.3 Å². The smallest absolute Gasteiger partial charge is 0.269 e. The number of nitrogens with two attached hydrogens (primary N) is 1. The van der Waals surface area contributed by atoms with Gasteiger partial charge in [-0.05, 0) is 33.8 Å². The van der Waals surface area contributed by atoms with Crippen molar-refractivity contribution in [2.45, 2.75) is 43.9 Å². The molecule has 1 amide bonds. The van der Waals surface area contributed by atoms with E-state index in [0.29, 0.717) is 34.2 Å². The molecule has 0 aromatic carbocycles. The number of carbonyl (C=O) groups excluding carboxylic acids is 1. The zero-order valence-electron chi connectivity index (χ0n) is 20.0. The van der Waals surface area contributed by atoms with Gasteiger partial charge in [0.1, 0.15) is 22.1 Å². The number of hydrogen-bond acceptors (Lipinski definition) is 8. The average Bonchev–Trinajstić information content (AvgIpc) is 3.38. The molecule has 3 heterocycles. The summed E-state index contributed by atoms with van der Waals surface area (Å²) < 4.78 is 19.8. The third-order valence-corrected chi connectivity index (χ3v) is 7.46. The van der Waals surface area contributed by atoms with Crippen LogP contribution in [0.15, 0.2) is 39.8 Å². The highest BCUT2D eigenvalue weighted by molar-refractivity contribution is 7.86. The lowest BCUT2D eigenvalue weighted by atomic mass is 10.2. The Morgan fingerprint density at radius 1 is 1.44 bits per heavy atom. The molecule has 5 N–H and O–H groups in total. The monoisotopic (exact) mass is 508 g/mol. The van der Waals surface area contributed by atoms with Crippen LogP contribution < -0.4 is 15.8 Å². The SMILES string of the molecule is CN=C(/C=C(\N)c1cnc2cc(OC)c(S(=O)C(C)(C)C)cn12)C(=O)NCc1nc(C)cs1.O.[HH]. The number of aliphatic imine (C=N–C) groups is 1. The fourth-order valence-electron chi connectivity index (χ4n) is 3.01. The van der Waals surface area contributed by atoms with E-state index in [-0.39, 0.29) is 18.5 Å². The van der Waals surface area contributed by atoms with Crippen LogP contribution >= 0.6 is 11.3 Å². The molecular weight excluding hydrogens is 476 g/mol. The molecule has 0 radical (unpaired) electrons. The largest absolute Gasteiger partial charge is 0.495 e. The third-order valence-electron chi connectivity index (χ3n) is 4.68. The maximum atomic E-state index is 13.1. The van der Waals surface area contributed by atoms with Gasteiger partial charge in [-0.3, -0.25) is 18.4 Å². The van der Waals surface area contributed by atoms with Gasteiger partial charge in [0, 0.05) is 36.6 Å². The van der Waals surface area contributed by atoms with Gasteiger partial charge in [-0.15, -0.1) is 11.3 Å². The first-order chi connectivity index (χ1) is 15.5. The normalized spacial score (nSPS) is 13.5. The summed E-state index contributed by atoms with van der Waals surface area (Å²) in [6.45, 7) is 7.89. The van der Waals surface area contributed by atoms with Crippen LogP contribution in [-0.4, -0.2) is 54.6 Å². The Morgan fingerprint density at radius 2 is 2.15 bits per heavy atom. The van der Waals surface area contributed by atoms with Gasteiger partial charge in [0.05, 0.1) is 46.9 Å². The van der Waals surface area contributed by atoms with Crippen LogP contribution in [0.2, 0.25) is 0 Å². The summed E-state index contributed by atoms with van der Waals surface area (Å²) >= 11 is 1.48. The minimum atomic E-state index is -1.34. The molecular formula is C22H32N6O4S2. The van der Waals surface area contributed by atoms with Gasteiger partial charge in [-0.2, -0.15) is 0 Å². The van der Waals surface area contributed by atoms with Gasteiger partial charge in [-0.25, -0.2) is 9.97 Å². The Balaban J connectivity index is 0.00000306. The van der Waals surface area contributed by atoms with E-state index in [1.165, 1.54) is 31.6 Å². The molecule has 0 aliphatic heterocycles. The molecule has 34 heavy (non-hydrogen) atoms. The molecule has 1 unspecified atom stereocenters. The lowest BCUT2D eigenvalue weighted by molar-refractivity contribution is -0.114. The lowest BCUT2D eigenvalue weighted by Crippen LogP contribution is -2.30. The Bertz CT molecular complexity index is 1280. The molecule has 12 heteroatoms. The number of rotatable bonds is 7. The standard InChI is InChI=1S/C22H28N6O3S2.H2O.H2/c1-13-12-32-20(27-13)10-26-21(29)15(24-5)7-14(23)16-9-25-19-8-17(31-6)18(11-28(16)19)33(30)22(2,3)4;;/h7-9,11-12H,10,23H2,1-6H3,(H,26,29);1H2;1H/b14-7-,24-15?;;. The molecule has 0 saturated carbocycles. The molecule has 3 aromatic rings. The van der Waals surface area contributed by atoms with Crippen molar-refractivity contribution in [3.8, 4) is 5.75 Å². The number of carbonyl (C=O) groups is 1. The first-order valence-electron chi connectivity index (χ1n) is 10.2. The summed E-state index contributed by atoms with van der Waals surface area (Å²) in [7, 11) is 1.72. The highest BCUT2D eigenvalue weighted by atomic mass is 32.2. The topological polar surface area (TPSA) is 155 Å². The number of pyridine rings is 1. The van der Waals surface area contributed by atoms with Crippen LogP contribution in [0.25, 0.3) is 11.3 Å². The second kappa shape index (κ2) is 10.9. The minimum Gasteiger partial charge on any atom is -0.495 e. The average molecular weight is 509 g/mol. The van der Waals surface area contributed by atoms with E-state index in [2.05, 4.69) is 20.3 Å². The predicted octanol–water partition coefficient (Wildman–Crippen LogP) is 2.12. The van der Waals surface area contributed by atoms with Crippen molar-refractivity contribution >= 4 is 45.1 Å². The molecule has 0 aliphatic rings. The molecule has 0 saturated heterocycles. The number of aryl methyl sites for hydroxylation is 1. The fraction of sp³-hybridized carbons (Fsp3) is 0.364. The summed E-state index contributed by atoms with van der Waals surface area (Å²) in [5.74, 6) is 0.126. The van der Waals surface area contributed by atoms with Gasteiger partial charge in [0.25, 0.3) is 5.91 Å². The molecule has 0 aliphatic carbocycles. The number of amides is 1. The Kier molecular flexibility index (Phi) is 8.70. The molecule has 0 fully saturated rings. The molecule has 0 spiro atoms. The second-order valence-corrected chi connectivity index (χ2v) is 11.4. The zero-order chi connectivity index (χ0) is 24.3. The zero-order valence-corrected chi connectivity index (χ0v) is 21.6. The number of imidazole rings is 1. The van der Waals surface area contributed by atoms with Crippen molar-refractivity contribution in [3.63, 3.8) is 0 Å². The van der Waals surface area contributed by atoms with Gasteiger partial charge in [0.2, 0.25) is 0 Å². The van der Waals surface area contributed by atoms with Gasteiger partial charge in [0.15, 0.2) is 0 Å². The summed E-state index contributed by atoms with van der Waals surface area (Å²) in [6, 6.07) is 1.72. The third kappa shape index (κ3) is 5.88. The summed E-state index contributed by atoms with van der Waals surface area (Å²) in [5.41, 5.74) is 8.83. The van der Waals surface area contributed by atoms with Gasteiger partial charge >= 0.3 is 0 Å². The van der Waals surface area contributed by atoms with Crippen LogP contribution in [-0.2, 0) is 22.1 Å². The number of nitrogens with zero attached hydrogens (tertiary/aromatic N) is 4. The number of methoxy groups -OCH3 is 1. The molecule has 0 bridgehead atoms. The van der Waals surface area contributed by atoms with Crippen molar-refractivity contribution in [1.82, 2.24) is 19.7 Å².